The molecule has 0 saturated carbocycles. The van der Waals surface area contributed by atoms with Gasteiger partial charge in [0.25, 0.3) is 0 Å². The quantitative estimate of drug-likeness (QED) is 0.753. The highest BCUT2D eigenvalue weighted by Crippen LogP contribution is 2.20. The van der Waals surface area contributed by atoms with Gasteiger partial charge in [-0.1, -0.05) is 23.8 Å². The summed E-state index contributed by atoms with van der Waals surface area (Å²) in [6, 6.07) is 15.1. The average Bonchev–Trinajstić information content (AvgIpc) is 2.88. The Morgan fingerprint density at radius 3 is 2.83 bits per heavy atom. The fourth-order valence-electron chi connectivity index (χ4n) is 3.08. The predicted octanol–water partition coefficient (Wildman–Crippen LogP) is 3.61. The highest BCUT2D eigenvalue weighted by molar-refractivity contribution is 5.82. The van der Waals surface area contributed by atoms with Crippen LogP contribution in [0, 0.1) is 6.92 Å². The lowest BCUT2D eigenvalue weighted by Gasteiger charge is -2.14. The zero-order valence-electron chi connectivity index (χ0n) is 14.8. The molecule has 0 bridgehead atoms. The lowest BCUT2D eigenvalue weighted by molar-refractivity contribution is 0.414. The third-order valence-corrected chi connectivity index (χ3v) is 4.38. The number of methoxy groups -OCH3 is 1. The van der Waals surface area contributed by atoms with E-state index in [0.29, 0.717) is 6.04 Å². The van der Waals surface area contributed by atoms with E-state index in [1.165, 1.54) is 22.0 Å². The van der Waals surface area contributed by atoms with Crippen molar-refractivity contribution in [3.63, 3.8) is 0 Å². The van der Waals surface area contributed by atoms with Crippen molar-refractivity contribution in [2.45, 2.75) is 32.9 Å². The molecule has 2 aromatic carbocycles. The van der Waals surface area contributed by atoms with Gasteiger partial charge >= 0.3 is 0 Å². The van der Waals surface area contributed by atoms with Crippen molar-refractivity contribution in [3.05, 3.63) is 59.3 Å². The molecular formula is C20H25N3O. The third kappa shape index (κ3) is 3.60. The largest absolute Gasteiger partial charge is 0.497 e. The molecule has 1 heterocycles. The summed E-state index contributed by atoms with van der Waals surface area (Å²) < 4.78 is 7.25. The number of hydrogen-bond acceptors (Lipinski definition) is 3. The van der Waals surface area contributed by atoms with Crippen LogP contribution in [0.2, 0.25) is 0 Å². The Balaban J connectivity index is 1.68. The summed E-state index contributed by atoms with van der Waals surface area (Å²) in [5.74, 6) is 0.908. The molecule has 0 aliphatic carbocycles. The van der Waals surface area contributed by atoms with Gasteiger partial charge < -0.3 is 10.1 Å². The Bertz CT molecular complexity index is 838. The van der Waals surface area contributed by atoms with Crippen molar-refractivity contribution in [1.82, 2.24) is 15.1 Å². The lowest BCUT2D eigenvalue weighted by Crippen LogP contribution is -2.27. The number of aromatic nitrogens is 2. The van der Waals surface area contributed by atoms with Crippen LogP contribution in [0.15, 0.2) is 42.5 Å². The molecular weight excluding hydrogens is 298 g/mol. The first-order valence-electron chi connectivity index (χ1n) is 8.35. The van der Waals surface area contributed by atoms with E-state index in [4.69, 9.17) is 4.74 Å². The van der Waals surface area contributed by atoms with Crippen molar-refractivity contribution >= 4 is 10.9 Å². The van der Waals surface area contributed by atoms with Crippen LogP contribution in [0.25, 0.3) is 10.9 Å². The number of hydrogen-bond donors (Lipinski definition) is 1. The molecule has 1 atom stereocenters. The highest BCUT2D eigenvalue weighted by atomic mass is 16.5. The minimum atomic E-state index is 0.360. The number of benzene rings is 2. The summed E-state index contributed by atoms with van der Waals surface area (Å²) in [7, 11) is 3.70. The molecule has 4 heteroatoms. The van der Waals surface area contributed by atoms with E-state index in [9.17, 15) is 0 Å². The molecule has 126 valence electrons. The van der Waals surface area contributed by atoms with E-state index in [1.54, 1.807) is 7.11 Å². The monoisotopic (exact) mass is 323 g/mol. The Hall–Kier alpha value is -2.33. The van der Waals surface area contributed by atoms with Crippen LogP contribution in [-0.2, 0) is 20.0 Å². The predicted molar refractivity (Wildman–Crippen MR) is 98.5 cm³/mol. The minimum Gasteiger partial charge on any atom is -0.497 e. The normalized spacial score (nSPS) is 12.5. The second-order valence-corrected chi connectivity index (χ2v) is 6.43. The van der Waals surface area contributed by atoms with Crippen molar-refractivity contribution in [3.8, 4) is 5.75 Å². The SMILES string of the molecule is COc1cccc(CC(C)NCc2nn(C)c3ccc(C)cc23)c1. The van der Waals surface area contributed by atoms with Crippen LogP contribution in [0.4, 0.5) is 0 Å². The highest BCUT2D eigenvalue weighted by Gasteiger charge is 2.10. The van der Waals surface area contributed by atoms with Crippen molar-refractivity contribution in [2.75, 3.05) is 7.11 Å². The molecule has 0 spiro atoms. The van der Waals surface area contributed by atoms with Gasteiger partial charge in [0.15, 0.2) is 0 Å². The van der Waals surface area contributed by atoms with Crippen LogP contribution < -0.4 is 10.1 Å². The summed E-state index contributed by atoms with van der Waals surface area (Å²) in [5, 5.41) is 9.50. The molecule has 0 radical (unpaired) electrons. The van der Waals surface area contributed by atoms with Crippen LogP contribution in [0.1, 0.15) is 23.7 Å². The summed E-state index contributed by atoms with van der Waals surface area (Å²) in [6.07, 6.45) is 0.959. The minimum absolute atomic E-state index is 0.360. The summed E-state index contributed by atoms with van der Waals surface area (Å²) in [5.41, 5.74) is 4.82. The Labute approximate surface area is 143 Å². The zero-order chi connectivity index (χ0) is 17.1. The molecule has 24 heavy (non-hydrogen) atoms. The van der Waals surface area contributed by atoms with Crippen molar-refractivity contribution in [2.24, 2.45) is 7.05 Å². The Kier molecular flexibility index (Phi) is 4.86. The molecule has 0 aliphatic rings. The second kappa shape index (κ2) is 7.05. The molecule has 0 aliphatic heterocycles. The van der Waals surface area contributed by atoms with Crippen molar-refractivity contribution in [1.29, 1.82) is 0 Å². The van der Waals surface area contributed by atoms with Gasteiger partial charge in [-0.3, -0.25) is 4.68 Å². The molecule has 1 N–H and O–H groups in total. The maximum Gasteiger partial charge on any atom is 0.119 e. The van der Waals surface area contributed by atoms with Crippen LogP contribution >= 0.6 is 0 Å². The smallest absolute Gasteiger partial charge is 0.119 e. The first-order chi connectivity index (χ1) is 11.6. The average molecular weight is 323 g/mol. The van der Waals surface area contributed by atoms with Gasteiger partial charge in [-0.25, -0.2) is 0 Å². The Morgan fingerprint density at radius 2 is 2.04 bits per heavy atom. The van der Waals surface area contributed by atoms with Crippen LogP contribution in [0.5, 0.6) is 5.75 Å². The van der Waals surface area contributed by atoms with E-state index in [-0.39, 0.29) is 0 Å². The number of nitrogens with one attached hydrogen (secondary N) is 1. The number of nitrogens with zero attached hydrogens (tertiary/aromatic N) is 2. The van der Waals surface area contributed by atoms with Crippen molar-refractivity contribution < 1.29 is 4.74 Å². The Morgan fingerprint density at radius 1 is 1.21 bits per heavy atom. The van der Waals surface area contributed by atoms with Gasteiger partial charge in [0, 0.05) is 25.0 Å². The molecule has 1 unspecified atom stereocenters. The fourth-order valence-corrected chi connectivity index (χ4v) is 3.08. The first-order valence-corrected chi connectivity index (χ1v) is 8.35. The molecule has 3 rings (SSSR count). The van der Waals surface area contributed by atoms with Crippen LogP contribution in [0.3, 0.4) is 0 Å². The lowest BCUT2D eigenvalue weighted by atomic mass is 10.1. The van der Waals surface area contributed by atoms with E-state index in [0.717, 1.165) is 24.4 Å². The van der Waals surface area contributed by atoms with Gasteiger partial charge in [0.05, 0.1) is 18.3 Å². The molecule has 3 aromatic rings. The second-order valence-electron chi connectivity index (χ2n) is 6.43. The summed E-state index contributed by atoms with van der Waals surface area (Å²) in [4.78, 5) is 0. The van der Waals surface area contributed by atoms with E-state index >= 15 is 0 Å². The topological polar surface area (TPSA) is 39.1 Å². The number of fused-ring (bicyclic) bond motifs is 1. The summed E-state index contributed by atoms with van der Waals surface area (Å²) in [6.45, 7) is 5.09. The van der Waals surface area contributed by atoms with E-state index in [2.05, 4.69) is 54.6 Å². The standard InChI is InChI=1S/C20H25N3O/c1-14-8-9-20-18(10-14)19(22-23(20)3)13-21-15(2)11-16-6-5-7-17(12-16)24-4/h5-10,12,15,21H,11,13H2,1-4H3. The molecule has 1 aromatic heterocycles. The van der Waals surface area contributed by atoms with Gasteiger partial charge in [-0.2, -0.15) is 5.10 Å². The van der Waals surface area contributed by atoms with E-state index < -0.39 is 0 Å². The molecule has 4 nitrogen and oxygen atoms in total. The molecule has 0 amide bonds. The molecule has 0 saturated heterocycles. The first kappa shape index (κ1) is 16.5. The van der Waals surface area contributed by atoms with Gasteiger partial charge in [0.1, 0.15) is 5.75 Å². The number of aryl methyl sites for hydroxylation is 2. The van der Waals surface area contributed by atoms with E-state index in [1.807, 2.05) is 23.9 Å². The zero-order valence-corrected chi connectivity index (χ0v) is 14.8. The molecule has 0 fully saturated rings. The maximum absolute atomic E-state index is 5.29. The number of rotatable bonds is 6. The third-order valence-electron chi connectivity index (χ3n) is 4.38. The van der Waals surface area contributed by atoms with Gasteiger partial charge in [-0.15, -0.1) is 0 Å². The van der Waals surface area contributed by atoms with Gasteiger partial charge in [0.2, 0.25) is 0 Å². The number of ether oxygens (including phenoxy) is 1. The van der Waals surface area contributed by atoms with Crippen LogP contribution in [-0.4, -0.2) is 22.9 Å². The van der Waals surface area contributed by atoms with Gasteiger partial charge in [-0.05, 0) is 50.1 Å². The maximum atomic E-state index is 5.29. The summed E-state index contributed by atoms with van der Waals surface area (Å²) >= 11 is 0. The fraction of sp³-hybridized carbons (Fsp3) is 0.350.